The molecule has 54 heavy (non-hydrogen) atoms. The second kappa shape index (κ2) is 16.6. The van der Waals surface area contributed by atoms with E-state index in [0.717, 1.165) is 27.2 Å². The molecule has 0 N–H and O–H groups in total. The first-order valence-electron chi connectivity index (χ1n) is 19.7. The standard InChI is InChI=1S/C31H30NS.C18H24NSi.Ir/c1-20(2)17-21-15-16-32-28(18-21)27-8-6-7-26-25-14-11-23(19-29(25)33-30(26)27)22-9-12-24(13-10-22)31(3,4)5;1-18(2,3)15-12-16(14-10-8-7-9-11-14)19-13-17(15)20(4,5)6;/h6-7,9-16,18-20H,17H2,1-5H3;7-10,12-13H,1-6H3;/q2*-1;/i17D2;;. The molecule has 0 amide bonds. The Morgan fingerprint density at radius 3 is 2.09 bits per heavy atom. The number of hydrogen-bond acceptors (Lipinski definition) is 3. The Morgan fingerprint density at radius 2 is 1.46 bits per heavy atom. The maximum absolute atomic E-state index is 8.52. The zero-order chi connectivity index (χ0) is 39.9. The topological polar surface area (TPSA) is 25.8 Å². The molecule has 0 aliphatic carbocycles. The quantitative estimate of drug-likeness (QED) is 0.123. The summed E-state index contributed by atoms with van der Waals surface area (Å²) in [5, 5.41) is 3.88. The summed E-state index contributed by atoms with van der Waals surface area (Å²) < 4.78 is 19.4. The Labute approximate surface area is 345 Å². The molecule has 3 aromatic heterocycles. The minimum atomic E-state index is -1.41. The summed E-state index contributed by atoms with van der Waals surface area (Å²) in [6.07, 6.45) is 2.40. The fourth-order valence-corrected chi connectivity index (χ4v) is 9.59. The van der Waals surface area contributed by atoms with E-state index in [-0.39, 0.29) is 36.9 Å². The number of aromatic nitrogens is 2. The first-order chi connectivity index (χ1) is 25.7. The second-order valence-corrected chi connectivity index (χ2v) is 23.4. The molecule has 0 spiro atoms. The molecule has 0 unspecified atom stereocenters. The Hall–Kier alpha value is -3.73. The van der Waals surface area contributed by atoms with Gasteiger partial charge in [0.25, 0.3) is 0 Å². The van der Waals surface area contributed by atoms with Gasteiger partial charge in [0.05, 0.1) is 8.07 Å². The van der Waals surface area contributed by atoms with Gasteiger partial charge >= 0.3 is 0 Å². The van der Waals surface area contributed by atoms with Gasteiger partial charge in [-0.25, -0.2) is 0 Å². The van der Waals surface area contributed by atoms with Crippen LogP contribution in [0.3, 0.4) is 0 Å². The molecule has 0 saturated heterocycles. The van der Waals surface area contributed by atoms with E-state index in [9.17, 15) is 0 Å². The molecule has 0 aliphatic rings. The van der Waals surface area contributed by atoms with E-state index in [2.05, 4.69) is 145 Å². The maximum atomic E-state index is 8.52. The van der Waals surface area contributed by atoms with Crippen molar-refractivity contribution in [3.8, 4) is 33.6 Å². The van der Waals surface area contributed by atoms with Crippen LogP contribution >= 0.6 is 11.3 Å². The molecule has 0 fully saturated rings. The zero-order valence-corrected chi connectivity index (χ0v) is 37.8. The molecule has 0 atom stereocenters. The number of pyridine rings is 2. The van der Waals surface area contributed by atoms with Gasteiger partial charge in [-0.1, -0.05) is 135 Å². The van der Waals surface area contributed by atoms with Gasteiger partial charge in [0.1, 0.15) is 0 Å². The molecule has 3 heterocycles. The van der Waals surface area contributed by atoms with Gasteiger partial charge in [-0.05, 0) is 84.2 Å². The summed E-state index contributed by atoms with van der Waals surface area (Å²) in [7, 11) is -1.38. The van der Waals surface area contributed by atoms with Gasteiger partial charge in [-0.2, -0.15) is 11.3 Å². The number of rotatable bonds is 6. The van der Waals surface area contributed by atoms with Crippen LogP contribution < -0.4 is 5.19 Å². The van der Waals surface area contributed by atoms with Crippen LogP contribution in [0.15, 0.2) is 109 Å². The number of nitrogens with zero attached hydrogens (tertiary/aromatic N) is 2. The minimum Gasteiger partial charge on any atom is -0.305 e. The van der Waals surface area contributed by atoms with Crippen molar-refractivity contribution < 1.29 is 22.8 Å². The van der Waals surface area contributed by atoms with Crippen molar-refractivity contribution in [3.05, 3.63) is 138 Å². The molecule has 0 bridgehead atoms. The summed E-state index contributed by atoms with van der Waals surface area (Å²) in [6, 6.07) is 40.3. The summed E-state index contributed by atoms with van der Waals surface area (Å²) in [5.74, 6) is -0.127. The van der Waals surface area contributed by atoms with Crippen LogP contribution in [0.4, 0.5) is 0 Å². The molecule has 1 radical (unpaired) electrons. The van der Waals surface area contributed by atoms with Crippen molar-refractivity contribution in [2.75, 3.05) is 0 Å². The van der Waals surface area contributed by atoms with Crippen molar-refractivity contribution in [3.63, 3.8) is 0 Å². The molecule has 281 valence electrons. The second-order valence-electron chi connectivity index (χ2n) is 17.4. The Morgan fingerprint density at radius 1 is 0.741 bits per heavy atom. The Balaban J connectivity index is 0.000000244. The van der Waals surface area contributed by atoms with E-state index in [1.165, 1.54) is 42.9 Å². The van der Waals surface area contributed by atoms with Crippen molar-refractivity contribution >= 4 is 44.8 Å². The summed E-state index contributed by atoms with van der Waals surface area (Å²) in [6.45, 7) is 24.5. The van der Waals surface area contributed by atoms with Crippen LogP contribution in [-0.2, 0) is 37.3 Å². The minimum absolute atomic E-state index is 0. The number of hydrogen-bond donors (Lipinski definition) is 0. The largest absolute Gasteiger partial charge is 0.305 e. The first kappa shape index (κ1) is 38.5. The van der Waals surface area contributed by atoms with E-state index in [0.29, 0.717) is 5.56 Å². The monoisotopic (exact) mass is 925 g/mol. The fourth-order valence-electron chi connectivity index (χ4n) is 6.64. The third kappa shape index (κ3) is 9.55. The Kier molecular flexibility index (Phi) is 11.8. The molecule has 0 aliphatic heterocycles. The van der Waals surface area contributed by atoms with Gasteiger partial charge in [0, 0.05) is 39.9 Å². The average molecular weight is 925 g/mol. The smallest absolute Gasteiger partial charge is 0.0799 e. The molecule has 2 nitrogen and oxygen atoms in total. The van der Waals surface area contributed by atoms with Crippen molar-refractivity contribution in [2.45, 2.75) is 92.2 Å². The van der Waals surface area contributed by atoms with Crippen molar-refractivity contribution in [1.82, 2.24) is 9.97 Å². The van der Waals surface area contributed by atoms with E-state index in [4.69, 9.17) is 7.73 Å². The molecular formula is C49H54IrN2SSi-2. The van der Waals surface area contributed by atoms with Gasteiger partial charge < -0.3 is 9.97 Å². The van der Waals surface area contributed by atoms with E-state index in [1.54, 1.807) is 23.6 Å². The van der Waals surface area contributed by atoms with Gasteiger partial charge in [-0.15, -0.1) is 59.7 Å². The molecule has 7 rings (SSSR count). The molecule has 7 aromatic rings. The van der Waals surface area contributed by atoms with Crippen LogP contribution in [0.1, 0.15) is 74.8 Å². The molecule has 0 saturated carbocycles. The summed E-state index contributed by atoms with van der Waals surface area (Å²) in [5.41, 5.74) is 9.92. The third-order valence-electron chi connectivity index (χ3n) is 9.49. The van der Waals surface area contributed by atoms with E-state index in [1.807, 2.05) is 44.2 Å². The van der Waals surface area contributed by atoms with Gasteiger partial charge in [-0.3, -0.25) is 0 Å². The first-order valence-corrected chi connectivity index (χ1v) is 23.0. The average Bonchev–Trinajstić information content (AvgIpc) is 3.52. The van der Waals surface area contributed by atoms with Gasteiger partial charge in [0.15, 0.2) is 0 Å². The fraction of sp³-hybridized carbons (Fsp3) is 0.306. The summed E-state index contributed by atoms with van der Waals surface area (Å²) >= 11 is 1.75. The van der Waals surface area contributed by atoms with Crippen molar-refractivity contribution in [1.29, 1.82) is 0 Å². The predicted octanol–water partition coefficient (Wildman–Crippen LogP) is 13.5. The van der Waals surface area contributed by atoms with Crippen LogP contribution in [0.25, 0.3) is 53.8 Å². The van der Waals surface area contributed by atoms with Crippen molar-refractivity contribution in [2.24, 2.45) is 5.92 Å². The van der Waals surface area contributed by atoms with Crippen LogP contribution in [0, 0.1) is 18.1 Å². The molecular weight excluding hydrogens is 869 g/mol. The van der Waals surface area contributed by atoms with E-state index >= 15 is 0 Å². The molecule has 5 heteroatoms. The number of benzene rings is 4. The number of fused-ring (bicyclic) bond motifs is 3. The van der Waals surface area contributed by atoms with E-state index < -0.39 is 14.4 Å². The number of thiophene rings is 1. The normalized spacial score (nSPS) is 12.9. The van der Waals surface area contributed by atoms with Gasteiger partial charge in [0.2, 0.25) is 0 Å². The maximum Gasteiger partial charge on any atom is 0.0799 e. The van der Waals surface area contributed by atoms with Crippen LogP contribution in [0.5, 0.6) is 0 Å². The third-order valence-corrected chi connectivity index (χ3v) is 12.7. The summed E-state index contributed by atoms with van der Waals surface area (Å²) in [4.78, 5) is 9.30. The Bertz CT molecular complexity index is 2430. The van der Waals surface area contributed by atoms with Crippen LogP contribution in [-0.4, -0.2) is 18.0 Å². The zero-order valence-electron chi connectivity index (χ0n) is 35.6. The van der Waals surface area contributed by atoms with Crippen LogP contribution in [0.2, 0.25) is 19.6 Å². The SMILES string of the molecule is CC(C)(C)c1cc(-c2[c-]cccc2)ncc1[Si](C)(C)C.[2H]C([2H])(c1ccnc(-c2[c-]ccc3c2sc2cc(-c4ccc(C(C)(C)C)cc4)ccc23)c1)C(C)C.[Ir]. The predicted molar refractivity (Wildman–Crippen MR) is 234 cm³/mol. The molecule has 4 aromatic carbocycles.